The Morgan fingerprint density at radius 3 is 2.50 bits per heavy atom. The van der Waals surface area contributed by atoms with Crippen LogP contribution in [0.2, 0.25) is 0 Å². The monoisotopic (exact) mass is 272 g/mol. The van der Waals surface area contributed by atoms with Gasteiger partial charge in [0.1, 0.15) is 5.82 Å². The Kier molecular flexibility index (Phi) is 5.24. The van der Waals surface area contributed by atoms with Crippen molar-refractivity contribution in [1.82, 2.24) is 10.3 Å². The van der Waals surface area contributed by atoms with Gasteiger partial charge in [0.05, 0.1) is 5.69 Å². The summed E-state index contributed by atoms with van der Waals surface area (Å²) in [5.41, 5.74) is 4.07. The Morgan fingerprint density at radius 1 is 1.10 bits per heavy atom. The van der Waals surface area contributed by atoms with Crippen LogP contribution in [0.25, 0.3) is 11.3 Å². The van der Waals surface area contributed by atoms with Crippen LogP contribution in [-0.2, 0) is 6.54 Å². The van der Waals surface area contributed by atoms with Crippen LogP contribution in [0.3, 0.4) is 0 Å². The highest BCUT2D eigenvalue weighted by Crippen LogP contribution is 2.19. The van der Waals surface area contributed by atoms with E-state index in [-0.39, 0.29) is 5.82 Å². The molecule has 0 atom stereocenters. The molecule has 0 aliphatic heterocycles. The highest BCUT2D eigenvalue weighted by molar-refractivity contribution is 5.59. The van der Waals surface area contributed by atoms with Gasteiger partial charge >= 0.3 is 0 Å². The van der Waals surface area contributed by atoms with Crippen molar-refractivity contribution in [2.45, 2.75) is 33.2 Å². The Bertz CT molecular complexity index is 549. The van der Waals surface area contributed by atoms with E-state index in [1.54, 1.807) is 12.1 Å². The summed E-state index contributed by atoms with van der Waals surface area (Å²) in [6.45, 7) is 6.09. The van der Waals surface area contributed by atoms with Crippen LogP contribution in [0.1, 0.15) is 31.0 Å². The first kappa shape index (κ1) is 14.7. The van der Waals surface area contributed by atoms with Gasteiger partial charge in [-0.2, -0.15) is 0 Å². The summed E-state index contributed by atoms with van der Waals surface area (Å²) in [5.74, 6) is -0.220. The van der Waals surface area contributed by atoms with E-state index in [1.165, 1.54) is 30.5 Å². The van der Waals surface area contributed by atoms with Gasteiger partial charge in [-0.15, -0.1) is 0 Å². The number of unbranched alkanes of at least 4 members (excludes halogenated alkanes) is 1. The van der Waals surface area contributed by atoms with Gasteiger partial charge in [0.25, 0.3) is 0 Å². The van der Waals surface area contributed by atoms with Gasteiger partial charge in [-0.05, 0) is 55.8 Å². The first-order chi connectivity index (χ1) is 9.70. The minimum atomic E-state index is -0.220. The van der Waals surface area contributed by atoms with Gasteiger partial charge in [0.2, 0.25) is 0 Å². The number of rotatable bonds is 6. The third-order valence-corrected chi connectivity index (χ3v) is 3.36. The highest BCUT2D eigenvalue weighted by Gasteiger charge is 2.04. The summed E-state index contributed by atoms with van der Waals surface area (Å²) in [5, 5.41) is 3.42. The molecule has 0 spiro atoms. The van der Waals surface area contributed by atoms with Crippen molar-refractivity contribution in [1.29, 1.82) is 0 Å². The largest absolute Gasteiger partial charge is 0.313 e. The minimum absolute atomic E-state index is 0.220. The maximum absolute atomic E-state index is 12.9. The molecule has 2 aromatic rings. The molecule has 0 aliphatic rings. The predicted octanol–water partition coefficient (Wildman–Crippen LogP) is 4.09. The van der Waals surface area contributed by atoms with Crippen LogP contribution >= 0.6 is 0 Å². The summed E-state index contributed by atoms with van der Waals surface area (Å²) in [6.07, 6.45) is 2.40. The van der Waals surface area contributed by atoms with Gasteiger partial charge in [-0.1, -0.05) is 19.4 Å². The number of nitrogens with zero attached hydrogens (tertiary/aromatic N) is 1. The molecule has 106 valence electrons. The SMILES string of the molecule is CCCCNCc1ccc(-c2ccc(F)cc2)nc1C. The van der Waals surface area contributed by atoms with Crippen molar-refractivity contribution in [2.75, 3.05) is 6.54 Å². The minimum Gasteiger partial charge on any atom is -0.313 e. The van der Waals surface area contributed by atoms with Crippen molar-refractivity contribution in [3.63, 3.8) is 0 Å². The third kappa shape index (κ3) is 3.87. The zero-order valence-corrected chi connectivity index (χ0v) is 12.1. The van der Waals surface area contributed by atoms with Crippen LogP contribution in [0.4, 0.5) is 4.39 Å². The van der Waals surface area contributed by atoms with E-state index < -0.39 is 0 Å². The number of aryl methyl sites for hydroxylation is 1. The first-order valence-corrected chi connectivity index (χ1v) is 7.14. The van der Waals surface area contributed by atoms with E-state index in [0.29, 0.717) is 0 Å². The van der Waals surface area contributed by atoms with Crippen molar-refractivity contribution in [3.05, 3.63) is 53.5 Å². The molecular weight excluding hydrogens is 251 g/mol. The second-order valence-electron chi connectivity index (χ2n) is 4.98. The normalized spacial score (nSPS) is 10.8. The van der Waals surface area contributed by atoms with Gasteiger partial charge in [0.15, 0.2) is 0 Å². The molecule has 20 heavy (non-hydrogen) atoms. The van der Waals surface area contributed by atoms with Crippen LogP contribution in [-0.4, -0.2) is 11.5 Å². The molecule has 1 N–H and O–H groups in total. The second-order valence-corrected chi connectivity index (χ2v) is 4.98. The van der Waals surface area contributed by atoms with E-state index in [1.807, 2.05) is 13.0 Å². The van der Waals surface area contributed by atoms with Gasteiger partial charge in [-0.25, -0.2) is 4.39 Å². The zero-order valence-electron chi connectivity index (χ0n) is 12.1. The molecule has 1 heterocycles. The molecule has 0 bridgehead atoms. The number of nitrogens with one attached hydrogen (secondary N) is 1. The average Bonchev–Trinajstić information content (AvgIpc) is 2.46. The van der Waals surface area contributed by atoms with E-state index in [2.05, 4.69) is 23.3 Å². The van der Waals surface area contributed by atoms with E-state index in [9.17, 15) is 4.39 Å². The Hall–Kier alpha value is -1.74. The van der Waals surface area contributed by atoms with E-state index >= 15 is 0 Å². The second kappa shape index (κ2) is 7.15. The summed E-state index contributed by atoms with van der Waals surface area (Å²) >= 11 is 0. The molecule has 1 aromatic heterocycles. The van der Waals surface area contributed by atoms with Crippen LogP contribution < -0.4 is 5.32 Å². The fraction of sp³-hybridized carbons (Fsp3) is 0.353. The lowest BCUT2D eigenvalue weighted by molar-refractivity contribution is 0.628. The molecule has 0 amide bonds. The Morgan fingerprint density at radius 2 is 1.85 bits per heavy atom. The summed E-state index contributed by atoms with van der Waals surface area (Å²) in [4.78, 5) is 4.61. The van der Waals surface area contributed by atoms with E-state index in [0.717, 1.165) is 30.0 Å². The zero-order chi connectivity index (χ0) is 14.4. The van der Waals surface area contributed by atoms with Crippen molar-refractivity contribution in [3.8, 4) is 11.3 Å². The molecule has 0 saturated carbocycles. The lowest BCUT2D eigenvalue weighted by Crippen LogP contribution is -2.15. The molecule has 0 radical (unpaired) electrons. The molecule has 0 saturated heterocycles. The lowest BCUT2D eigenvalue weighted by Gasteiger charge is -2.09. The summed E-state index contributed by atoms with van der Waals surface area (Å²) in [6, 6.07) is 10.5. The van der Waals surface area contributed by atoms with Crippen molar-refractivity contribution in [2.24, 2.45) is 0 Å². The highest BCUT2D eigenvalue weighted by atomic mass is 19.1. The molecular formula is C17H21FN2. The fourth-order valence-corrected chi connectivity index (χ4v) is 2.08. The lowest BCUT2D eigenvalue weighted by atomic mass is 10.1. The average molecular weight is 272 g/mol. The number of hydrogen-bond donors (Lipinski definition) is 1. The van der Waals surface area contributed by atoms with Crippen LogP contribution in [0, 0.1) is 12.7 Å². The van der Waals surface area contributed by atoms with Gasteiger partial charge < -0.3 is 5.32 Å². The maximum atomic E-state index is 12.9. The predicted molar refractivity (Wildman–Crippen MR) is 81.0 cm³/mol. The number of hydrogen-bond acceptors (Lipinski definition) is 2. The number of halogens is 1. The first-order valence-electron chi connectivity index (χ1n) is 7.14. The summed E-state index contributed by atoms with van der Waals surface area (Å²) in [7, 11) is 0. The fourth-order valence-electron chi connectivity index (χ4n) is 2.08. The van der Waals surface area contributed by atoms with Gasteiger partial charge in [0, 0.05) is 17.8 Å². The topological polar surface area (TPSA) is 24.9 Å². The molecule has 1 aromatic carbocycles. The number of aromatic nitrogens is 1. The molecule has 0 unspecified atom stereocenters. The third-order valence-electron chi connectivity index (χ3n) is 3.36. The van der Waals surface area contributed by atoms with Crippen LogP contribution in [0.5, 0.6) is 0 Å². The smallest absolute Gasteiger partial charge is 0.123 e. The standard InChI is InChI=1S/C17H21FN2/c1-3-4-11-19-12-15-7-10-17(20-13(15)2)14-5-8-16(18)9-6-14/h5-10,19H,3-4,11-12H2,1-2H3. The molecule has 2 rings (SSSR count). The van der Waals surface area contributed by atoms with Crippen molar-refractivity contribution >= 4 is 0 Å². The molecule has 0 fully saturated rings. The number of pyridine rings is 1. The molecule has 3 heteroatoms. The molecule has 0 aliphatic carbocycles. The number of benzene rings is 1. The quantitative estimate of drug-likeness (QED) is 0.801. The van der Waals surface area contributed by atoms with E-state index in [4.69, 9.17) is 0 Å². The van der Waals surface area contributed by atoms with Gasteiger partial charge in [-0.3, -0.25) is 4.98 Å². The molecule has 2 nitrogen and oxygen atoms in total. The summed E-state index contributed by atoms with van der Waals surface area (Å²) < 4.78 is 12.9. The Labute approximate surface area is 120 Å². The van der Waals surface area contributed by atoms with Crippen molar-refractivity contribution < 1.29 is 4.39 Å². The van der Waals surface area contributed by atoms with Crippen LogP contribution in [0.15, 0.2) is 36.4 Å². The Balaban J connectivity index is 2.07. The maximum Gasteiger partial charge on any atom is 0.123 e.